The Morgan fingerprint density at radius 1 is 0.897 bits per heavy atom. The summed E-state index contributed by atoms with van der Waals surface area (Å²) in [6.07, 6.45) is 0. The molecule has 29 heavy (non-hydrogen) atoms. The zero-order valence-electron chi connectivity index (χ0n) is 16.5. The third kappa shape index (κ3) is 6.54. The second-order valence-corrected chi connectivity index (χ2v) is 6.93. The summed E-state index contributed by atoms with van der Waals surface area (Å²) in [7, 11) is 0. The van der Waals surface area contributed by atoms with E-state index in [0.29, 0.717) is 13.2 Å². The van der Waals surface area contributed by atoms with Gasteiger partial charge in [-0.1, -0.05) is 78.9 Å². The van der Waals surface area contributed by atoms with Crippen LogP contribution in [-0.2, 0) is 22.8 Å². The molecule has 3 N–H and O–H groups in total. The number of carboxylic acid groups (broad SMARTS) is 1. The van der Waals surface area contributed by atoms with Gasteiger partial charge in [-0.15, -0.1) is 0 Å². The molecular formula is C24H26N2O3. The average Bonchev–Trinajstić information content (AvgIpc) is 2.75. The fraction of sp³-hybridized carbons (Fsp3) is 0.208. The maximum atomic E-state index is 10.5. The van der Waals surface area contributed by atoms with Gasteiger partial charge in [0.05, 0.1) is 19.2 Å². The molecule has 0 aliphatic heterocycles. The molecule has 5 nitrogen and oxygen atoms in total. The number of nitrogens with one attached hydrogen (secondary N) is 2. The summed E-state index contributed by atoms with van der Waals surface area (Å²) < 4.78 is 0. The standard InChI is InChI=1S/C24H26N2O3/c1-18(21-11-7-19(8-12-21)15-25-16-24(27)28)26-29-17-20-9-13-23(14-10-20)22-5-3-2-4-6-22/h2-14,18,25-26H,15-17H2,1H3,(H,27,28). The summed E-state index contributed by atoms with van der Waals surface area (Å²) in [6, 6.07) is 26.7. The summed E-state index contributed by atoms with van der Waals surface area (Å²) in [5.41, 5.74) is 8.72. The lowest BCUT2D eigenvalue weighted by Crippen LogP contribution is -2.22. The van der Waals surface area contributed by atoms with Gasteiger partial charge in [-0.25, -0.2) is 0 Å². The normalized spacial score (nSPS) is 11.9. The molecule has 1 unspecified atom stereocenters. The molecule has 0 saturated heterocycles. The SMILES string of the molecule is CC(NOCc1ccc(-c2ccccc2)cc1)c1ccc(CNCC(=O)O)cc1. The smallest absolute Gasteiger partial charge is 0.317 e. The van der Waals surface area contributed by atoms with Gasteiger partial charge in [0.15, 0.2) is 0 Å². The molecule has 1 atom stereocenters. The van der Waals surface area contributed by atoms with Crippen molar-refractivity contribution in [2.75, 3.05) is 6.54 Å². The first-order valence-corrected chi connectivity index (χ1v) is 9.65. The van der Waals surface area contributed by atoms with E-state index in [1.807, 2.05) is 49.4 Å². The van der Waals surface area contributed by atoms with E-state index in [4.69, 9.17) is 9.94 Å². The Morgan fingerprint density at radius 3 is 2.17 bits per heavy atom. The third-order valence-corrected chi connectivity index (χ3v) is 4.65. The van der Waals surface area contributed by atoms with E-state index in [0.717, 1.165) is 16.7 Å². The minimum atomic E-state index is -0.855. The predicted molar refractivity (Wildman–Crippen MR) is 114 cm³/mol. The summed E-state index contributed by atoms with van der Waals surface area (Å²) in [5.74, 6) is -0.855. The van der Waals surface area contributed by atoms with Crippen LogP contribution in [0.4, 0.5) is 0 Å². The molecule has 0 amide bonds. The Bertz CT molecular complexity index is 894. The second-order valence-electron chi connectivity index (χ2n) is 6.93. The van der Waals surface area contributed by atoms with Crippen molar-refractivity contribution in [2.24, 2.45) is 0 Å². The van der Waals surface area contributed by atoms with E-state index < -0.39 is 5.97 Å². The maximum Gasteiger partial charge on any atom is 0.317 e. The number of hydroxylamine groups is 1. The lowest BCUT2D eigenvalue weighted by molar-refractivity contribution is -0.135. The lowest BCUT2D eigenvalue weighted by atomic mass is 10.0. The van der Waals surface area contributed by atoms with Crippen molar-refractivity contribution < 1.29 is 14.7 Å². The van der Waals surface area contributed by atoms with Crippen LogP contribution in [-0.4, -0.2) is 17.6 Å². The number of rotatable bonds is 10. The Morgan fingerprint density at radius 2 is 1.52 bits per heavy atom. The van der Waals surface area contributed by atoms with Crippen molar-refractivity contribution in [3.63, 3.8) is 0 Å². The first-order chi connectivity index (χ1) is 14.1. The molecule has 0 fully saturated rings. The third-order valence-electron chi connectivity index (χ3n) is 4.65. The summed E-state index contributed by atoms with van der Waals surface area (Å²) in [4.78, 5) is 16.2. The van der Waals surface area contributed by atoms with Gasteiger partial charge in [0.2, 0.25) is 0 Å². The van der Waals surface area contributed by atoms with Gasteiger partial charge in [0.25, 0.3) is 0 Å². The van der Waals surface area contributed by atoms with E-state index in [9.17, 15) is 4.79 Å². The molecule has 0 saturated carbocycles. The number of carboxylic acids is 1. The number of hydrogen-bond acceptors (Lipinski definition) is 4. The lowest BCUT2D eigenvalue weighted by Gasteiger charge is -2.15. The van der Waals surface area contributed by atoms with Gasteiger partial charge in [0.1, 0.15) is 0 Å². The van der Waals surface area contributed by atoms with Crippen LogP contribution in [0.15, 0.2) is 78.9 Å². The van der Waals surface area contributed by atoms with Crippen LogP contribution in [0.5, 0.6) is 0 Å². The quantitative estimate of drug-likeness (QED) is 0.450. The van der Waals surface area contributed by atoms with Gasteiger partial charge < -0.3 is 10.4 Å². The van der Waals surface area contributed by atoms with E-state index in [-0.39, 0.29) is 12.6 Å². The Hall–Kier alpha value is -2.99. The van der Waals surface area contributed by atoms with Crippen molar-refractivity contribution in [1.29, 1.82) is 0 Å². The Balaban J connectivity index is 1.44. The molecule has 3 aromatic carbocycles. The molecule has 3 rings (SSSR count). The van der Waals surface area contributed by atoms with Crippen molar-refractivity contribution in [3.8, 4) is 11.1 Å². The molecule has 0 heterocycles. The molecule has 0 aliphatic carbocycles. The summed E-state index contributed by atoms with van der Waals surface area (Å²) >= 11 is 0. The molecule has 0 spiro atoms. The predicted octanol–water partition coefficient (Wildman–Crippen LogP) is 4.31. The monoisotopic (exact) mass is 390 g/mol. The van der Waals surface area contributed by atoms with Gasteiger partial charge in [-0.2, -0.15) is 5.48 Å². The highest BCUT2D eigenvalue weighted by molar-refractivity contribution is 5.69. The molecule has 0 aromatic heterocycles. The molecule has 5 heteroatoms. The Kier molecular flexibility index (Phi) is 7.53. The Labute approximate surface area is 171 Å². The van der Waals surface area contributed by atoms with E-state index in [2.05, 4.69) is 47.2 Å². The van der Waals surface area contributed by atoms with E-state index in [1.165, 1.54) is 11.1 Å². The fourth-order valence-corrected chi connectivity index (χ4v) is 2.98. The highest BCUT2D eigenvalue weighted by Crippen LogP contribution is 2.19. The fourth-order valence-electron chi connectivity index (χ4n) is 2.98. The molecule has 0 radical (unpaired) electrons. The number of aliphatic carboxylic acids is 1. The summed E-state index contributed by atoms with van der Waals surface area (Å²) in [6.45, 7) is 3.01. The molecule has 0 aliphatic rings. The van der Waals surface area contributed by atoms with Crippen LogP contribution < -0.4 is 10.8 Å². The van der Waals surface area contributed by atoms with E-state index >= 15 is 0 Å². The molecule has 0 bridgehead atoms. The number of hydrogen-bond donors (Lipinski definition) is 3. The van der Waals surface area contributed by atoms with Crippen molar-refractivity contribution >= 4 is 5.97 Å². The minimum Gasteiger partial charge on any atom is -0.480 e. The van der Waals surface area contributed by atoms with Crippen LogP contribution in [0.2, 0.25) is 0 Å². The minimum absolute atomic E-state index is 0.0413. The first kappa shape index (κ1) is 20.7. The van der Waals surface area contributed by atoms with Crippen LogP contribution >= 0.6 is 0 Å². The van der Waals surface area contributed by atoms with Crippen molar-refractivity contribution in [3.05, 3.63) is 95.6 Å². The largest absolute Gasteiger partial charge is 0.480 e. The van der Waals surface area contributed by atoms with Crippen molar-refractivity contribution in [1.82, 2.24) is 10.8 Å². The van der Waals surface area contributed by atoms with Crippen LogP contribution in [0, 0.1) is 0 Å². The van der Waals surface area contributed by atoms with Crippen LogP contribution in [0.3, 0.4) is 0 Å². The van der Waals surface area contributed by atoms with Crippen LogP contribution in [0.25, 0.3) is 11.1 Å². The van der Waals surface area contributed by atoms with Crippen molar-refractivity contribution in [2.45, 2.75) is 26.1 Å². The number of carbonyl (C=O) groups is 1. The topological polar surface area (TPSA) is 70.6 Å². The highest BCUT2D eigenvalue weighted by Gasteiger charge is 2.06. The first-order valence-electron chi connectivity index (χ1n) is 9.65. The van der Waals surface area contributed by atoms with Gasteiger partial charge in [0, 0.05) is 6.54 Å². The van der Waals surface area contributed by atoms with Crippen LogP contribution in [0.1, 0.15) is 29.7 Å². The zero-order chi connectivity index (χ0) is 20.5. The number of benzene rings is 3. The molecule has 3 aromatic rings. The average molecular weight is 390 g/mol. The second kappa shape index (κ2) is 10.5. The molecular weight excluding hydrogens is 364 g/mol. The van der Waals surface area contributed by atoms with Gasteiger partial charge in [-0.3, -0.25) is 9.63 Å². The van der Waals surface area contributed by atoms with E-state index in [1.54, 1.807) is 0 Å². The van der Waals surface area contributed by atoms with Gasteiger partial charge >= 0.3 is 5.97 Å². The molecule has 150 valence electrons. The maximum absolute atomic E-state index is 10.5. The summed E-state index contributed by atoms with van der Waals surface area (Å²) in [5, 5.41) is 11.5. The highest BCUT2D eigenvalue weighted by atomic mass is 16.6. The van der Waals surface area contributed by atoms with Gasteiger partial charge in [-0.05, 0) is 34.7 Å². The zero-order valence-corrected chi connectivity index (χ0v) is 16.5.